The number of rotatable bonds is 5. The standard InChI is InChI=1S/C24H25N3O2S/c1-17-8-10-20(11-9-17)26-24(29)23(28)25-15-21(22-7-4-14-30-22)27-13-12-18-5-2-3-6-19(18)16-27/h2-11,14,21H,12-13,15-16H2,1H3,(H,25,28)(H,26,29)/p+1/t21-/m1/s1. The monoisotopic (exact) mass is 420 g/mol. The van der Waals surface area contributed by atoms with Crippen molar-refractivity contribution in [2.75, 3.05) is 18.4 Å². The number of thiophene rings is 1. The van der Waals surface area contributed by atoms with Crippen LogP contribution in [0.25, 0.3) is 0 Å². The molecule has 0 fully saturated rings. The van der Waals surface area contributed by atoms with Gasteiger partial charge in [-0.1, -0.05) is 48.0 Å². The van der Waals surface area contributed by atoms with Gasteiger partial charge in [-0.15, -0.1) is 11.3 Å². The minimum atomic E-state index is -0.636. The Morgan fingerprint density at radius 2 is 1.77 bits per heavy atom. The van der Waals surface area contributed by atoms with Gasteiger partial charge in [0.15, 0.2) is 0 Å². The van der Waals surface area contributed by atoms with E-state index in [0.717, 1.165) is 25.1 Å². The second-order valence-electron chi connectivity index (χ2n) is 7.70. The lowest BCUT2D eigenvalue weighted by molar-refractivity contribution is -0.945. The van der Waals surface area contributed by atoms with Gasteiger partial charge in [0.1, 0.15) is 12.6 Å². The Balaban J connectivity index is 1.41. The number of fused-ring (bicyclic) bond motifs is 1. The van der Waals surface area contributed by atoms with Gasteiger partial charge in [0.2, 0.25) is 0 Å². The Morgan fingerprint density at radius 3 is 2.50 bits per heavy atom. The molecular formula is C24H26N3O2S+. The molecule has 0 aliphatic carbocycles. The lowest BCUT2D eigenvalue weighted by Crippen LogP contribution is -3.12. The minimum absolute atomic E-state index is 0.120. The molecule has 3 aromatic rings. The molecule has 2 aromatic carbocycles. The molecule has 0 bridgehead atoms. The zero-order chi connectivity index (χ0) is 20.9. The Labute approximate surface area is 180 Å². The lowest BCUT2D eigenvalue weighted by Gasteiger charge is -2.32. The molecule has 30 heavy (non-hydrogen) atoms. The number of anilines is 1. The number of hydrogen-bond donors (Lipinski definition) is 3. The van der Waals surface area contributed by atoms with Crippen LogP contribution < -0.4 is 15.5 Å². The number of aryl methyl sites for hydroxylation is 1. The summed E-state index contributed by atoms with van der Waals surface area (Å²) >= 11 is 1.70. The Kier molecular flexibility index (Phi) is 6.26. The minimum Gasteiger partial charge on any atom is -0.341 e. The smallest absolute Gasteiger partial charge is 0.313 e. The molecule has 4 rings (SSSR count). The highest BCUT2D eigenvalue weighted by Crippen LogP contribution is 2.19. The molecular weight excluding hydrogens is 394 g/mol. The number of carbonyl (C=O) groups excluding carboxylic acids is 2. The van der Waals surface area contributed by atoms with E-state index < -0.39 is 11.8 Å². The molecule has 2 amide bonds. The van der Waals surface area contributed by atoms with Gasteiger partial charge in [0.25, 0.3) is 0 Å². The molecule has 6 heteroatoms. The van der Waals surface area contributed by atoms with E-state index in [4.69, 9.17) is 0 Å². The number of amides is 2. The summed E-state index contributed by atoms with van der Waals surface area (Å²) in [5, 5.41) is 7.58. The molecule has 2 atom stereocenters. The number of carbonyl (C=O) groups is 2. The summed E-state index contributed by atoms with van der Waals surface area (Å²) in [5.74, 6) is -1.24. The van der Waals surface area contributed by atoms with Crippen LogP contribution in [0.4, 0.5) is 5.69 Å². The van der Waals surface area contributed by atoms with Crippen molar-refractivity contribution in [2.24, 2.45) is 0 Å². The normalized spacial score (nSPS) is 16.4. The maximum absolute atomic E-state index is 12.4. The SMILES string of the molecule is Cc1ccc(NC(=O)C(=O)NC[C@H](c2cccs2)[NH+]2CCc3ccccc3C2)cc1. The van der Waals surface area contributed by atoms with Crippen molar-refractivity contribution in [3.8, 4) is 0 Å². The summed E-state index contributed by atoms with van der Waals surface area (Å²) in [7, 11) is 0. The van der Waals surface area contributed by atoms with E-state index in [1.807, 2.05) is 25.1 Å². The average Bonchev–Trinajstić information content (AvgIpc) is 3.30. The lowest BCUT2D eigenvalue weighted by atomic mass is 9.98. The van der Waals surface area contributed by atoms with Crippen molar-refractivity contribution >= 4 is 28.8 Å². The van der Waals surface area contributed by atoms with E-state index in [1.165, 1.54) is 20.9 Å². The molecule has 1 aliphatic rings. The topological polar surface area (TPSA) is 62.6 Å². The van der Waals surface area contributed by atoms with Crippen LogP contribution in [0.1, 0.15) is 27.6 Å². The Hall–Kier alpha value is -2.96. The molecule has 0 radical (unpaired) electrons. The summed E-state index contributed by atoms with van der Waals surface area (Å²) in [5.41, 5.74) is 4.49. The summed E-state index contributed by atoms with van der Waals surface area (Å²) in [6.07, 6.45) is 1.02. The molecule has 1 aliphatic heterocycles. The Bertz CT molecular complexity index is 1020. The first-order valence-electron chi connectivity index (χ1n) is 10.2. The first-order chi connectivity index (χ1) is 14.6. The fourth-order valence-electron chi connectivity index (χ4n) is 3.93. The van der Waals surface area contributed by atoms with Crippen LogP contribution in [-0.4, -0.2) is 24.9 Å². The number of benzene rings is 2. The number of nitrogens with one attached hydrogen (secondary N) is 3. The number of quaternary nitrogens is 1. The van der Waals surface area contributed by atoms with Crippen LogP contribution in [0.5, 0.6) is 0 Å². The summed E-state index contributed by atoms with van der Waals surface area (Å²) < 4.78 is 0. The second kappa shape index (κ2) is 9.24. The largest absolute Gasteiger partial charge is 0.341 e. The summed E-state index contributed by atoms with van der Waals surface area (Å²) in [4.78, 5) is 27.4. The van der Waals surface area contributed by atoms with E-state index in [9.17, 15) is 9.59 Å². The maximum Gasteiger partial charge on any atom is 0.313 e. The highest BCUT2D eigenvalue weighted by atomic mass is 32.1. The van der Waals surface area contributed by atoms with Gasteiger partial charge in [-0.25, -0.2) is 0 Å². The molecule has 1 unspecified atom stereocenters. The van der Waals surface area contributed by atoms with Crippen LogP contribution in [0.2, 0.25) is 0 Å². The molecule has 0 saturated carbocycles. The van der Waals surface area contributed by atoms with Crippen molar-refractivity contribution in [3.63, 3.8) is 0 Å². The molecule has 2 heterocycles. The fraction of sp³-hybridized carbons (Fsp3) is 0.250. The van der Waals surface area contributed by atoms with E-state index in [-0.39, 0.29) is 6.04 Å². The number of hydrogen-bond acceptors (Lipinski definition) is 3. The maximum atomic E-state index is 12.4. The van der Waals surface area contributed by atoms with Crippen LogP contribution in [0.3, 0.4) is 0 Å². The summed E-state index contributed by atoms with van der Waals surface area (Å²) in [6.45, 7) is 4.33. The van der Waals surface area contributed by atoms with Crippen molar-refractivity contribution in [1.82, 2.24) is 5.32 Å². The third-order valence-electron chi connectivity index (χ3n) is 5.61. The first-order valence-corrected chi connectivity index (χ1v) is 11.1. The first kappa shape index (κ1) is 20.3. The van der Waals surface area contributed by atoms with Crippen molar-refractivity contribution < 1.29 is 14.5 Å². The molecule has 0 spiro atoms. The Morgan fingerprint density at radius 1 is 1.00 bits per heavy atom. The third kappa shape index (κ3) is 4.78. The van der Waals surface area contributed by atoms with E-state index in [1.54, 1.807) is 23.5 Å². The highest BCUT2D eigenvalue weighted by Gasteiger charge is 2.30. The molecule has 154 valence electrons. The van der Waals surface area contributed by atoms with Crippen molar-refractivity contribution in [2.45, 2.75) is 25.9 Å². The molecule has 0 saturated heterocycles. The highest BCUT2D eigenvalue weighted by molar-refractivity contribution is 7.10. The zero-order valence-corrected chi connectivity index (χ0v) is 17.8. The molecule has 3 N–H and O–H groups in total. The van der Waals surface area contributed by atoms with Gasteiger partial charge < -0.3 is 15.5 Å². The van der Waals surface area contributed by atoms with Crippen LogP contribution in [0, 0.1) is 6.92 Å². The van der Waals surface area contributed by atoms with Crippen molar-refractivity contribution in [1.29, 1.82) is 0 Å². The third-order valence-corrected chi connectivity index (χ3v) is 6.60. The van der Waals surface area contributed by atoms with E-state index >= 15 is 0 Å². The van der Waals surface area contributed by atoms with Gasteiger partial charge >= 0.3 is 11.8 Å². The van der Waals surface area contributed by atoms with Gasteiger partial charge in [-0.05, 0) is 36.1 Å². The van der Waals surface area contributed by atoms with E-state index in [2.05, 4.69) is 46.3 Å². The van der Waals surface area contributed by atoms with Gasteiger partial charge in [0.05, 0.1) is 18.0 Å². The van der Waals surface area contributed by atoms with Crippen LogP contribution in [-0.2, 0) is 22.6 Å². The fourth-order valence-corrected chi connectivity index (χ4v) is 4.82. The average molecular weight is 421 g/mol. The molecule has 5 nitrogen and oxygen atoms in total. The quantitative estimate of drug-likeness (QED) is 0.556. The van der Waals surface area contributed by atoms with Crippen molar-refractivity contribution in [3.05, 3.63) is 87.6 Å². The predicted molar refractivity (Wildman–Crippen MR) is 120 cm³/mol. The zero-order valence-electron chi connectivity index (χ0n) is 17.0. The van der Waals surface area contributed by atoms with Crippen LogP contribution in [0.15, 0.2) is 66.0 Å². The van der Waals surface area contributed by atoms with E-state index in [0.29, 0.717) is 12.2 Å². The van der Waals surface area contributed by atoms with Gasteiger partial charge in [-0.3, -0.25) is 9.59 Å². The van der Waals surface area contributed by atoms with Gasteiger partial charge in [-0.2, -0.15) is 0 Å². The summed E-state index contributed by atoms with van der Waals surface area (Å²) in [6, 6.07) is 20.2. The predicted octanol–water partition coefficient (Wildman–Crippen LogP) is 2.49. The molecule has 1 aromatic heterocycles. The van der Waals surface area contributed by atoms with Gasteiger partial charge in [0, 0.05) is 17.7 Å². The second-order valence-corrected chi connectivity index (χ2v) is 8.68. The van der Waals surface area contributed by atoms with Crippen LogP contribution >= 0.6 is 11.3 Å².